The van der Waals surface area contributed by atoms with E-state index in [4.69, 9.17) is 0 Å². The highest BCUT2D eigenvalue weighted by atomic mass is 32.2. The molecule has 1 amide bonds. The molecule has 1 aromatic carbocycles. The van der Waals surface area contributed by atoms with Crippen LogP contribution in [0, 0.1) is 5.82 Å². The molecule has 0 aliphatic carbocycles. The lowest BCUT2D eigenvalue weighted by atomic mass is 10.2. The second-order valence-electron chi connectivity index (χ2n) is 4.67. The van der Waals surface area contributed by atoms with Crippen molar-refractivity contribution < 1.29 is 9.18 Å². The quantitative estimate of drug-likeness (QED) is 0.859. The standard InChI is InChI=1S/C14H19FN2OS/c1-11-10-16-7-8-17(11)14(18)6-9-19-13-5-3-2-4-12(13)15/h2-5,11,16H,6-10H2,1H3/t11-/m0/s1. The van der Waals surface area contributed by atoms with Gasteiger partial charge in [0.2, 0.25) is 5.91 Å². The Bertz CT molecular complexity index is 441. The summed E-state index contributed by atoms with van der Waals surface area (Å²) in [7, 11) is 0. The summed E-state index contributed by atoms with van der Waals surface area (Å²) in [6.07, 6.45) is 0.462. The Morgan fingerprint density at radius 1 is 1.53 bits per heavy atom. The Morgan fingerprint density at radius 3 is 3.05 bits per heavy atom. The highest BCUT2D eigenvalue weighted by Crippen LogP contribution is 2.22. The Hall–Kier alpha value is -1.07. The maximum Gasteiger partial charge on any atom is 0.223 e. The molecule has 1 aliphatic rings. The molecule has 1 N–H and O–H groups in total. The molecule has 3 nitrogen and oxygen atoms in total. The van der Waals surface area contributed by atoms with Gasteiger partial charge in [-0.3, -0.25) is 4.79 Å². The molecule has 0 spiro atoms. The van der Waals surface area contributed by atoms with Gasteiger partial charge < -0.3 is 10.2 Å². The summed E-state index contributed by atoms with van der Waals surface area (Å²) in [5, 5.41) is 3.26. The average molecular weight is 282 g/mol. The van der Waals surface area contributed by atoms with E-state index in [9.17, 15) is 9.18 Å². The zero-order valence-corrected chi connectivity index (χ0v) is 11.9. The first-order chi connectivity index (χ1) is 9.18. The van der Waals surface area contributed by atoms with Crippen molar-refractivity contribution in [2.75, 3.05) is 25.4 Å². The van der Waals surface area contributed by atoms with Gasteiger partial charge in [0.25, 0.3) is 0 Å². The van der Waals surface area contributed by atoms with Crippen LogP contribution in [0.2, 0.25) is 0 Å². The smallest absolute Gasteiger partial charge is 0.223 e. The number of amides is 1. The third-order valence-corrected chi connectivity index (χ3v) is 4.28. The third kappa shape index (κ3) is 3.94. The number of halogens is 1. The first-order valence-electron chi connectivity index (χ1n) is 6.56. The van der Waals surface area contributed by atoms with Crippen molar-refractivity contribution in [2.24, 2.45) is 0 Å². The van der Waals surface area contributed by atoms with Gasteiger partial charge in [-0.1, -0.05) is 12.1 Å². The molecule has 0 radical (unpaired) electrons. The molecule has 5 heteroatoms. The fraction of sp³-hybridized carbons (Fsp3) is 0.500. The van der Waals surface area contributed by atoms with Gasteiger partial charge in [-0.25, -0.2) is 4.39 Å². The number of hydrogen-bond donors (Lipinski definition) is 1. The monoisotopic (exact) mass is 282 g/mol. The van der Waals surface area contributed by atoms with Crippen LogP contribution in [0.15, 0.2) is 29.2 Å². The van der Waals surface area contributed by atoms with E-state index in [1.807, 2.05) is 17.9 Å². The van der Waals surface area contributed by atoms with E-state index in [1.54, 1.807) is 12.1 Å². The summed E-state index contributed by atoms with van der Waals surface area (Å²) in [4.78, 5) is 14.6. The van der Waals surface area contributed by atoms with Crippen molar-refractivity contribution in [1.82, 2.24) is 10.2 Å². The van der Waals surface area contributed by atoms with Crippen LogP contribution in [0.3, 0.4) is 0 Å². The number of nitrogens with one attached hydrogen (secondary N) is 1. The predicted octanol–water partition coefficient (Wildman–Crippen LogP) is 2.13. The molecule has 104 valence electrons. The molecule has 1 heterocycles. The molecule has 0 unspecified atom stereocenters. The number of piperazine rings is 1. The van der Waals surface area contributed by atoms with E-state index in [0.29, 0.717) is 17.1 Å². The second-order valence-corrected chi connectivity index (χ2v) is 5.81. The van der Waals surface area contributed by atoms with Gasteiger partial charge in [-0.2, -0.15) is 0 Å². The summed E-state index contributed by atoms with van der Waals surface area (Å²) < 4.78 is 13.4. The van der Waals surface area contributed by atoms with Crippen LogP contribution >= 0.6 is 11.8 Å². The molecular formula is C14H19FN2OS. The van der Waals surface area contributed by atoms with E-state index >= 15 is 0 Å². The number of carbonyl (C=O) groups excluding carboxylic acids is 1. The Labute approximate surface area is 117 Å². The zero-order chi connectivity index (χ0) is 13.7. The number of nitrogens with zero attached hydrogens (tertiary/aromatic N) is 1. The molecular weight excluding hydrogens is 263 g/mol. The van der Waals surface area contributed by atoms with Crippen LogP contribution in [-0.2, 0) is 4.79 Å². The summed E-state index contributed by atoms with van der Waals surface area (Å²) in [6.45, 7) is 4.53. The lowest BCUT2D eigenvalue weighted by molar-refractivity contribution is -0.133. The molecule has 0 aromatic heterocycles. The lowest BCUT2D eigenvalue weighted by Gasteiger charge is -2.34. The summed E-state index contributed by atoms with van der Waals surface area (Å²) in [5.74, 6) is 0.574. The Kier molecular flexibility index (Phi) is 5.22. The minimum Gasteiger partial charge on any atom is -0.337 e. The number of carbonyl (C=O) groups is 1. The third-order valence-electron chi connectivity index (χ3n) is 3.23. The van der Waals surface area contributed by atoms with E-state index in [2.05, 4.69) is 5.32 Å². The van der Waals surface area contributed by atoms with E-state index in [0.717, 1.165) is 19.6 Å². The molecule has 19 heavy (non-hydrogen) atoms. The van der Waals surface area contributed by atoms with E-state index in [-0.39, 0.29) is 17.8 Å². The largest absolute Gasteiger partial charge is 0.337 e. The number of thioether (sulfide) groups is 1. The first-order valence-corrected chi connectivity index (χ1v) is 7.54. The fourth-order valence-electron chi connectivity index (χ4n) is 2.17. The second kappa shape index (κ2) is 6.91. The minimum atomic E-state index is -0.213. The van der Waals surface area contributed by atoms with Crippen molar-refractivity contribution in [2.45, 2.75) is 24.3 Å². The lowest BCUT2D eigenvalue weighted by Crippen LogP contribution is -2.52. The molecule has 0 saturated carbocycles. The van der Waals surface area contributed by atoms with Gasteiger partial charge in [-0.15, -0.1) is 11.8 Å². The first kappa shape index (κ1) is 14.3. The van der Waals surface area contributed by atoms with Gasteiger partial charge in [0.15, 0.2) is 0 Å². The van der Waals surface area contributed by atoms with Crippen LogP contribution < -0.4 is 5.32 Å². The average Bonchev–Trinajstić information content (AvgIpc) is 2.41. The highest BCUT2D eigenvalue weighted by molar-refractivity contribution is 7.99. The van der Waals surface area contributed by atoms with Crippen LogP contribution in [0.1, 0.15) is 13.3 Å². The highest BCUT2D eigenvalue weighted by Gasteiger charge is 2.22. The van der Waals surface area contributed by atoms with Crippen molar-refractivity contribution >= 4 is 17.7 Å². The molecule has 2 rings (SSSR count). The van der Waals surface area contributed by atoms with Crippen LogP contribution in [0.4, 0.5) is 4.39 Å². The Morgan fingerprint density at radius 2 is 2.32 bits per heavy atom. The molecule has 1 atom stereocenters. The van der Waals surface area contributed by atoms with Crippen molar-refractivity contribution in [3.63, 3.8) is 0 Å². The maximum atomic E-state index is 13.4. The van der Waals surface area contributed by atoms with Gasteiger partial charge in [0, 0.05) is 42.7 Å². The predicted molar refractivity (Wildman–Crippen MR) is 75.8 cm³/mol. The maximum absolute atomic E-state index is 13.4. The summed E-state index contributed by atoms with van der Waals surface area (Å²) >= 11 is 1.40. The zero-order valence-electron chi connectivity index (χ0n) is 11.1. The van der Waals surface area contributed by atoms with Crippen molar-refractivity contribution in [1.29, 1.82) is 0 Å². The fourth-order valence-corrected chi connectivity index (χ4v) is 3.04. The Balaban J connectivity index is 1.79. The molecule has 1 saturated heterocycles. The van der Waals surface area contributed by atoms with Crippen LogP contribution in [0.5, 0.6) is 0 Å². The number of hydrogen-bond acceptors (Lipinski definition) is 3. The molecule has 0 bridgehead atoms. The summed E-state index contributed by atoms with van der Waals surface area (Å²) in [5.41, 5.74) is 0. The molecule has 1 fully saturated rings. The van der Waals surface area contributed by atoms with Gasteiger partial charge >= 0.3 is 0 Å². The van der Waals surface area contributed by atoms with Crippen molar-refractivity contribution in [3.8, 4) is 0 Å². The van der Waals surface area contributed by atoms with Gasteiger partial charge in [0.05, 0.1) is 0 Å². The molecule has 1 aliphatic heterocycles. The normalized spacial score (nSPS) is 19.5. The van der Waals surface area contributed by atoms with E-state index in [1.165, 1.54) is 17.8 Å². The van der Waals surface area contributed by atoms with E-state index < -0.39 is 0 Å². The van der Waals surface area contributed by atoms with Crippen molar-refractivity contribution in [3.05, 3.63) is 30.1 Å². The topological polar surface area (TPSA) is 32.3 Å². The number of rotatable bonds is 4. The summed E-state index contributed by atoms with van der Waals surface area (Å²) in [6, 6.07) is 6.93. The van der Waals surface area contributed by atoms with Crippen LogP contribution in [0.25, 0.3) is 0 Å². The van der Waals surface area contributed by atoms with Gasteiger partial charge in [-0.05, 0) is 19.1 Å². The SMILES string of the molecule is C[C@H]1CNCCN1C(=O)CCSc1ccccc1F. The van der Waals surface area contributed by atoms with Crippen LogP contribution in [-0.4, -0.2) is 42.2 Å². The van der Waals surface area contributed by atoms with Gasteiger partial charge in [0.1, 0.15) is 5.82 Å². The number of benzene rings is 1. The molecule has 1 aromatic rings. The minimum absolute atomic E-state index is 0.165.